The van der Waals surface area contributed by atoms with Crippen LogP contribution < -0.4 is 10.6 Å². The Kier molecular flexibility index (Phi) is 5.76. The van der Waals surface area contributed by atoms with Crippen LogP contribution >= 0.6 is 0 Å². The molecule has 0 aliphatic carbocycles. The fourth-order valence-electron chi connectivity index (χ4n) is 2.93. The number of carbonyl (C=O) groups excluding carboxylic acids is 1. The van der Waals surface area contributed by atoms with E-state index >= 15 is 0 Å². The van der Waals surface area contributed by atoms with Gasteiger partial charge in [0.25, 0.3) is 0 Å². The fraction of sp³-hybridized carbons (Fsp3) is 0.588. The molecule has 1 saturated heterocycles. The molecule has 1 aliphatic heterocycles. The molecule has 21 heavy (non-hydrogen) atoms. The van der Waals surface area contributed by atoms with E-state index in [-0.39, 0.29) is 5.91 Å². The third kappa shape index (κ3) is 4.83. The monoisotopic (exact) mass is 289 g/mol. The Balaban J connectivity index is 2.13. The third-order valence-electron chi connectivity index (χ3n) is 3.90. The van der Waals surface area contributed by atoms with Gasteiger partial charge in [0.15, 0.2) is 0 Å². The van der Waals surface area contributed by atoms with Gasteiger partial charge in [0.05, 0.1) is 0 Å². The lowest BCUT2D eigenvalue weighted by Crippen LogP contribution is -2.45. The van der Waals surface area contributed by atoms with E-state index < -0.39 is 0 Å². The molecule has 116 valence electrons. The first-order valence-corrected chi connectivity index (χ1v) is 7.88. The second-order valence-corrected chi connectivity index (χ2v) is 6.23. The van der Waals surface area contributed by atoms with Crippen LogP contribution in [0.4, 0.5) is 5.69 Å². The van der Waals surface area contributed by atoms with Crippen LogP contribution in [0, 0.1) is 5.92 Å². The van der Waals surface area contributed by atoms with Gasteiger partial charge in [-0.05, 0) is 30.0 Å². The SMILES string of the molecule is CC(=O)Nc1ccc([C@H](CC(C)C)N2CCNCC2)cc1. The minimum Gasteiger partial charge on any atom is -0.326 e. The molecule has 1 fully saturated rings. The summed E-state index contributed by atoms with van der Waals surface area (Å²) in [7, 11) is 0. The second-order valence-electron chi connectivity index (χ2n) is 6.23. The van der Waals surface area contributed by atoms with Gasteiger partial charge >= 0.3 is 0 Å². The van der Waals surface area contributed by atoms with E-state index in [0.29, 0.717) is 12.0 Å². The zero-order chi connectivity index (χ0) is 15.2. The van der Waals surface area contributed by atoms with Gasteiger partial charge in [0, 0.05) is 44.8 Å². The van der Waals surface area contributed by atoms with Gasteiger partial charge in [-0.2, -0.15) is 0 Å². The van der Waals surface area contributed by atoms with E-state index in [1.165, 1.54) is 18.9 Å². The summed E-state index contributed by atoms with van der Waals surface area (Å²) in [5, 5.41) is 6.24. The summed E-state index contributed by atoms with van der Waals surface area (Å²) in [4.78, 5) is 13.7. The molecule has 1 aromatic rings. The molecule has 0 saturated carbocycles. The lowest BCUT2D eigenvalue weighted by atomic mass is 9.95. The summed E-state index contributed by atoms with van der Waals surface area (Å²) < 4.78 is 0. The van der Waals surface area contributed by atoms with Crippen LogP contribution in [-0.2, 0) is 4.79 Å². The molecule has 4 nitrogen and oxygen atoms in total. The van der Waals surface area contributed by atoms with E-state index in [0.717, 1.165) is 31.9 Å². The smallest absolute Gasteiger partial charge is 0.221 e. The average molecular weight is 289 g/mol. The Morgan fingerprint density at radius 3 is 2.38 bits per heavy atom. The van der Waals surface area contributed by atoms with Crippen LogP contribution in [0.1, 0.15) is 38.8 Å². The van der Waals surface area contributed by atoms with E-state index in [1.54, 1.807) is 0 Å². The van der Waals surface area contributed by atoms with Crippen LogP contribution in [0.2, 0.25) is 0 Å². The van der Waals surface area contributed by atoms with Gasteiger partial charge in [-0.25, -0.2) is 0 Å². The first-order chi connectivity index (χ1) is 10.1. The van der Waals surface area contributed by atoms with E-state index in [1.807, 2.05) is 12.1 Å². The predicted octanol–water partition coefficient (Wildman–Crippen LogP) is 2.64. The average Bonchev–Trinajstić information content (AvgIpc) is 2.46. The quantitative estimate of drug-likeness (QED) is 0.876. The Morgan fingerprint density at radius 1 is 1.24 bits per heavy atom. The number of carbonyl (C=O) groups is 1. The number of nitrogens with one attached hydrogen (secondary N) is 2. The van der Waals surface area contributed by atoms with Crippen molar-refractivity contribution >= 4 is 11.6 Å². The Morgan fingerprint density at radius 2 is 1.86 bits per heavy atom. The maximum atomic E-state index is 11.1. The summed E-state index contributed by atoms with van der Waals surface area (Å²) in [6, 6.07) is 8.79. The van der Waals surface area contributed by atoms with Gasteiger partial charge in [0.2, 0.25) is 5.91 Å². The van der Waals surface area contributed by atoms with E-state index in [9.17, 15) is 4.79 Å². The van der Waals surface area contributed by atoms with Gasteiger partial charge in [-0.3, -0.25) is 9.69 Å². The van der Waals surface area contributed by atoms with E-state index in [4.69, 9.17) is 0 Å². The molecule has 0 spiro atoms. The fourth-order valence-corrected chi connectivity index (χ4v) is 2.93. The molecule has 1 amide bonds. The largest absolute Gasteiger partial charge is 0.326 e. The van der Waals surface area contributed by atoms with Crippen molar-refractivity contribution in [3.05, 3.63) is 29.8 Å². The van der Waals surface area contributed by atoms with Crippen LogP contribution in [-0.4, -0.2) is 37.0 Å². The minimum absolute atomic E-state index is 0.0245. The Bertz CT molecular complexity index is 450. The van der Waals surface area contributed by atoms with Gasteiger partial charge in [-0.1, -0.05) is 26.0 Å². The molecule has 2 N–H and O–H groups in total. The molecule has 1 aromatic carbocycles. The van der Waals surface area contributed by atoms with Crippen LogP contribution in [0.3, 0.4) is 0 Å². The standard InChI is InChI=1S/C17H27N3O/c1-13(2)12-17(20-10-8-18-9-11-20)15-4-6-16(7-5-15)19-14(3)21/h4-7,13,17-18H,8-12H2,1-3H3,(H,19,21)/t17-/m0/s1. The van der Waals surface area contributed by atoms with Crippen molar-refractivity contribution in [1.82, 2.24) is 10.2 Å². The molecule has 0 bridgehead atoms. The number of nitrogens with zero attached hydrogens (tertiary/aromatic N) is 1. The Hall–Kier alpha value is -1.39. The summed E-state index contributed by atoms with van der Waals surface area (Å²) in [5.74, 6) is 0.642. The van der Waals surface area contributed by atoms with Crippen molar-refractivity contribution in [2.75, 3.05) is 31.5 Å². The second kappa shape index (κ2) is 7.57. The molecule has 1 atom stereocenters. The van der Waals surface area contributed by atoms with Crippen LogP contribution in [0.25, 0.3) is 0 Å². The molecule has 0 unspecified atom stereocenters. The number of rotatable bonds is 5. The molecule has 1 aliphatic rings. The zero-order valence-corrected chi connectivity index (χ0v) is 13.4. The van der Waals surface area contributed by atoms with Crippen molar-refractivity contribution in [3.63, 3.8) is 0 Å². The predicted molar refractivity (Wildman–Crippen MR) is 87.4 cm³/mol. The van der Waals surface area contributed by atoms with Crippen molar-refractivity contribution in [1.29, 1.82) is 0 Å². The van der Waals surface area contributed by atoms with Gasteiger partial charge in [0.1, 0.15) is 0 Å². The highest BCUT2D eigenvalue weighted by molar-refractivity contribution is 5.88. The summed E-state index contributed by atoms with van der Waals surface area (Å²) >= 11 is 0. The van der Waals surface area contributed by atoms with E-state index in [2.05, 4.69) is 41.5 Å². The number of benzene rings is 1. The number of hydrogen-bond acceptors (Lipinski definition) is 3. The molecular formula is C17H27N3O. The molecular weight excluding hydrogens is 262 g/mol. The summed E-state index contributed by atoms with van der Waals surface area (Å²) in [5.41, 5.74) is 2.22. The maximum absolute atomic E-state index is 11.1. The van der Waals surface area contributed by atoms with Crippen molar-refractivity contribution in [2.24, 2.45) is 5.92 Å². The highest BCUT2D eigenvalue weighted by Gasteiger charge is 2.22. The topological polar surface area (TPSA) is 44.4 Å². The van der Waals surface area contributed by atoms with Gasteiger partial charge < -0.3 is 10.6 Å². The van der Waals surface area contributed by atoms with Gasteiger partial charge in [-0.15, -0.1) is 0 Å². The summed E-state index contributed by atoms with van der Waals surface area (Å²) in [6.45, 7) is 10.4. The molecule has 4 heteroatoms. The zero-order valence-electron chi connectivity index (χ0n) is 13.4. The van der Waals surface area contributed by atoms with Crippen LogP contribution in [0.15, 0.2) is 24.3 Å². The minimum atomic E-state index is -0.0245. The maximum Gasteiger partial charge on any atom is 0.221 e. The molecule has 1 heterocycles. The molecule has 0 aromatic heterocycles. The Labute approximate surface area is 127 Å². The normalized spacial score (nSPS) is 17.7. The van der Waals surface area contributed by atoms with Crippen molar-refractivity contribution < 1.29 is 4.79 Å². The third-order valence-corrected chi connectivity index (χ3v) is 3.90. The van der Waals surface area contributed by atoms with Crippen molar-refractivity contribution in [2.45, 2.75) is 33.2 Å². The first kappa shape index (κ1) is 16.0. The highest BCUT2D eigenvalue weighted by Crippen LogP contribution is 2.29. The number of piperazine rings is 1. The van der Waals surface area contributed by atoms with Crippen molar-refractivity contribution in [3.8, 4) is 0 Å². The lowest BCUT2D eigenvalue weighted by molar-refractivity contribution is -0.114. The lowest BCUT2D eigenvalue weighted by Gasteiger charge is -2.36. The number of hydrogen-bond donors (Lipinski definition) is 2. The molecule has 2 rings (SSSR count). The number of anilines is 1. The number of amides is 1. The molecule has 0 radical (unpaired) electrons. The highest BCUT2D eigenvalue weighted by atomic mass is 16.1. The first-order valence-electron chi connectivity index (χ1n) is 7.88. The summed E-state index contributed by atoms with van der Waals surface area (Å²) in [6.07, 6.45) is 1.17. The van der Waals surface area contributed by atoms with Crippen LogP contribution in [0.5, 0.6) is 0 Å².